The second-order valence-electron chi connectivity index (χ2n) is 8.74. The number of benzene rings is 2. The van der Waals surface area contributed by atoms with Gasteiger partial charge in [0.15, 0.2) is 0 Å². The summed E-state index contributed by atoms with van der Waals surface area (Å²) in [5.41, 5.74) is 2.58. The number of hydrogen-bond acceptors (Lipinski definition) is 4. The van der Waals surface area contributed by atoms with Gasteiger partial charge in [0, 0.05) is 42.3 Å². The van der Waals surface area contributed by atoms with E-state index >= 15 is 0 Å². The number of carbonyl (C=O) groups excluding carboxylic acids is 2. The highest BCUT2D eigenvalue weighted by molar-refractivity contribution is 5.92. The van der Waals surface area contributed by atoms with Crippen LogP contribution in [0, 0.1) is 0 Å². The summed E-state index contributed by atoms with van der Waals surface area (Å²) in [5, 5.41) is 2.89. The fraction of sp³-hybridized carbons (Fsp3) is 0.333. The van der Waals surface area contributed by atoms with E-state index in [9.17, 15) is 9.59 Å². The Bertz CT molecular complexity index is 1170. The number of carbonyl (C=O) groups is 2. The maximum Gasteiger partial charge on any atom is 0.322 e. The van der Waals surface area contributed by atoms with Crippen molar-refractivity contribution in [2.24, 2.45) is 0 Å². The van der Waals surface area contributed by atoms with Crippen LogP contribution in [0.1, 0.15) is 31.1 Å². The summed E-state index contributed by atoms with van der Waals surface area (Å²) in [6.07, 6.45) is 2.03. The third-order valence-corrected chi connectivity index (χ3v) is 6.32. The predicted octanol–water partition coefficient (Wildman–Crippen LogP) is 4.38. The Balaban J connectivity index is 1.57. The van der Waals surface area contributed by atoms with Crippen LogP contribution < -0.4 is 14.8 Å². The van der Waals surface area contributed by atoms with Crippen LogP contribution in [0.5, 0.6) is 11.5 Å². The number of urea groups is 1. The summed E-state index contributed by atoms with van der Waals surface area (Å²) in [7, 11) is 3.23. The van der Waals surface area contributed by atoms with Gasteiger partial charge in [-0.25, -0.2) is 4.79 Å². The third kappa shape index (κ3) is 5.11. The number of nitrogens with one attached hydrogen (secondary N) is 1. The summed E-state index contributed by atoms with van der Waals surface area (Å²) < 4.78 is 13.0. The Morgan fingerprint density at radius 2 is 1.74 bits per heavy atom. The Labute approximate surface area is 206 Å². The molecule has 2 heterocycles. The van der Waals surface area contributed by atoms with Crippen molar-refractivity contribution >= 4 is 17.6 Å². The van der Waals surface area contributed by atoms with Gasteiger partial charge in [-0.15, -0.1) is 0 Å². The van der Waals surface area contributed by atoms with Crippen molar-refractivity contribution in [2.75, 3.05) is 32.6 Å². The lowest BCUT2D eigenvalue weighted by molar-refractivity contribution is -0.134. The molecular formula is C27H32N4O4. The monoisotopic (exact) mass is 476 g/mol. The number of rotatable bonds is 7. The molecule has 0 radical (unpaired) electrons. The fourth-order valence-electron chi connectivity index (χ4n) is 4.47. The molecule has 1 atom stereocenters. The first-order valence-corrected chi connectivity index (χ1v) is 11.7. The SMILES string of the molecule is COc1ccc(NC(=O)N(CC(=O)N2CCn3cccc3C2c2ccccc2OC)C(C)C)cc1. The lowest BCUT2D eigenvalue weighted by atomic mass is 9.98. The molecule has 1 unspecified atom stereocenters. The molecule has 35 heavy (non-hydrogen) atoms. The van der Waals surface area contributed by atoms with E-state index in [1.165, 1.54) is 0 Å². The second kappa shape index (κ2) is 10.5. The Kier molecular flexibility index (Phi) is 7.29. The van der Waals surface area contributed by atoms with Crippen LogP contribution >= 0.6 is 0 Å². The van der Waals surface area contributed by atoms with Crippen LogP contribution in [0.25, 0.3) is 0 Å². The molecule has 2 aromatic carbocycles. The highest BCUT2D eigenvalue weighted by atomic mass is 16.5. The lowest BCUT2D eigenvalue weighted by Gasteiger charge is -2.39. The molecule has 0 fully saturated rings. The number of ether oxygens (including phenoxy) is 2. The molecule has 3 aromatic rings. The molecule has 0 spiro atoms. The quantitative estimate of drug-likeness (QED) is 0.549. The molecule has 8 nitrogen and oxygen atoms in total. The molecule has 0 saturated heterocycles. The average molecular weight is 477 g/mol. The minimum Gasteiger partial charge on any atom is -0.497 e. The molecule has 1 N–H and O–H groups in total. The van der Waals surface area contributed by atoms with Crippen molar-refractivity contribution in [1.29, 1.82) is 0 Å². The van der Waals surface area contributed by atoms with Gasteiger partial charge in [0.2, 0.25) is 5.91 Å². The largest absolute Gasteiger partial charge is 0.497 e. The Hall–Kier alpha value is -3.94. The molecule has 0 saturated carbocycles. The van der Waals surface area contributed by atoms with Gasteiger partial charge in [-0.2, -0.15) is 0 Å². The highest BCUT2D eigenvalue weighted by Gasteiger charge is 2.35. The van der Waals surface area contributed by atoms with Crippen molar-refractivity contribution in [3.05, 3.63) is 78.1 Å². The average Bonchev–Trinajstić information content (AvgIpc) is 3.35. The third-order valence-electron chi connectivity index (χ3n) is 6.32. The van der Waals surface area contributed by atoms with Crippen LogP contribution in [0.15, 0.2) is 66.9 Å². The van der Waals surface area contributed by atoms with Gasteiger partial charge in [-0.1, -0.05) is 18.2 Å². The number of anilines is 1. The topological polar surface area (TPSA) is 76.0 Å². The van der Waals surface area contributed by atoms with E-state index in [1.807, 2.05) is 61.3 Å². The number of methoxy groups -OCH3 is 2. The maximum atomic E-state index is 13.7. The first-order chi connectivity index (χ1) is 16.9. The van der Waals surface area contributed by atoms with Crippen LogP contribution in [-0.4, -0.2) is 59.7 Å². The number of para-hydroxylation sites is 1. The molecule has 0 aliphatic carbocycles. The fourth-order valence-corrected chi connectivity index (χ4v) is 4.47. The lowest BCUT2D eigenvalue weighted by Crippen LogP contribution is -2.50. The summed E-state index contributed by atoms with van der Waals surface area (Å²) >= 11 is 0. The maximum absolute atomic E-state index is 13.7. The molecular weight excluding hydrogens is 444 g/mol. The van der Waals surface area contributed by atoms with E-state index in [-0.39, 0.29) is 30.6 Å². The predicted molar refractivity (Wildman–Crippen MR) is 135 cm³/mol. The summed E-state index contributed by atoms with van der Waals surface area (Å²) in [6.45, 7) is 5.00. The van der Waals surface area contributed by atoms with Gasteiger partial charge in [0.1, 0.15) is 24.1 Å². The van der Waals surface area contributed by atoms with Crippen LogP contribution in [-0.2, 0) is 11.3 Å². The van der Waals surface area contributed by atoms with Gasteiger partial charge < -0.3 is 29.2 Å². The number of aromatic nitrogens is 1. The van der Waals surface area contributed by atoms with E-state index in [0.717, 1.165) is 17.0 Å². The highest BCUT2D eigenvalue weighted by Crippen LogP contribution is 2.37. The normalized spacial score (nSPS) is 14.9. The zero-order valence-electron chi connectivity index (χ0n) is 20.6. The van der Waals surface area contributed by atoms with Crippen LogP contribution in [0.2, 0.25) is 0 Å². The van der Waals surface area contributed by atoms with E-state index < -0.39 is 0 Å². The van der Waals surface area contributed by atoms with Crippen molar-refractivity contribution in [3.8, 4) is 11.5 Å². The molecule has 1 aliphatic rings. The molecule has 3 amide bonds. The van der Waals surface area contributed by atoms with Gasteiger partial charge >= 0.3 is 6.03 Å². The van der Waals surface area contributed by atoms with Crippen molar-refractivity contribution < 1.29 is 19.1 Å². The Morgan fingerprint density at radius 1 is 1.00 bits per heavy atom. The minimum absolute atomic E-state index is 0.0357. The van der Waals surface area contributed by atoms with E-state index in [2.05, 4.69) is 9.88 Å². The number of amides is 3. The molecule has 1 aromatic heterocycles. The summed E-state index contributed by atoms with van der Waals surface area (Å²) in [5.74, 6) is 1.31. The van der Waals surface area contributed by atoms with Crippen LogP contribution in [0.3, 0.4) is 0 Å². The van der Waals surface area contributed by atoms with Crippen molar-refractivity contribution in [2.45, 2.75) is 32.5 Å². The summed E-state index contributed by atoms with van der Waals surface area (Å²) in [4.78, 5) is 30.2. The number of hydrogen-bond donors (Lipinski definition) is 1. The van der Waals surface area contributed by atoms with Crippen molar-refractivity contribution in [1.82, 2.24) is 14.4 Å². The second-order valence-corrected chi connectivity index (χ2v) is 8.74. The van der Waals surface area contributed by atoms with Crippen molar-refractivity contribution in [3.63, 3.8) is 0 Å². The first kappa shape index (κ1) is 24.2. The minimum atomic E-state index is -0.326. The summed E-state index contributed by atoms with van der Waals surface area (Å²) in [6, 6.07) is 18.1. The Morgan fingerprint density at radius 3 is 2.43 bits per heavy atom. The van der Waals surface area contributed by atoms with Gasteiger partial charge in [0.25, 0.3) is 0 Å². The van der Waals surface area contributed by atoms with Crippen LogP contribution in [0.4, 0.5) is 10.5 Å². The number of nitrogens with zero attached hydrogens (tertiary/aromatic N) is 3. The molecule has 0 bridgehead atoms. The molecule has 4 rings (SSSR count). The van der Waals surface area contributed by atoms with E-state index in [4.69, 9.17) is 9.47 Å². The molecule has 8 heteroatoms. The van der Waals surface area contributed by atoms with Gasteiger partial charge in [0.05, 0.1) is 14.2 Å². The van der Waals surface area contributed by atoms with E-state index in [0.29, 0.717) is 24.5 Å². The van der Waals surface area contributed by atoms with E-state index in [1.54, 1.807) is 43.4 Å². The van der Waals surface area contributed by atoms with Gasteiger partial charge in [-0.05, 0) is 56.3 Å². The molecule has 184 valence electrons. The van der Waals surface area contributed by atoms with Gasteiger partial charge in [-0.3, -0.25) is 4.79 Å². The first-order valence-electron chi connectivity index (χ1n) is 11.7. The molecule has 1 aliphatic heterocycles. The zero-order valence-corrected chi connectivity index (χ0v) is 20.6. The number of fused-ring (bicyclic) bond motifs is 1. The zero-order chi connectivity index (χ0) is 24.9. The smallest absolute Gasteiger partial charge is 0.322 e. The standard InChI is InChI=1S/C27H32N4O4/c1-19(2)31(27(33)28-20-11-13-21(34-3)14-12-20)18-25(32)30-17-16-29-15-7-9-23(29)26(30)22-8-5-6-10-24(22)35-4/h5-15,19,26H,16-18H2,1-4H3,(H,28,33).